The van der Waals surface area contributed by atoms with Crippen molar-refractivity contribution < 1.29 is 22.7 Å². The highest BCUT2D eigenvalue weighted by molar-refractivity contribution is 7.92. The minimum absolute atomic E-state index is 0.0396. The Morgan fingerprint density at radius 2 is 1.59 bits per heavy atom. The number of nitrogens with one attached hydrogen (secondary N) is 1. The van der Waals surface area contributed by atoms with E-state index in [1.54, 1.807) is 50.2 Å². The lowest BCUT2D eigenvalue weighted by molar-refractivity contribution is -0.139. The van der Waals surface area contributed by atoms with Crippen LogP contribution in [0.2, 0.25) is 0 Å². The predicted octanol–water partition coefficient (Wildman–Crippen LogP) is 3.75. The van der Waals surface area contributed by atoms with Crippen LogP contribution in [0.4, 0.5) is 5.69 Å². The molecule has 0 aromatic heterocycles. The number of aryl methyl sites for hydroxylation is 1. The molecule has 2 amide bonds. The van der Waals surface area contributed by atoms with E-state index in [1.807, 2.05) is 37.3 Å². The molecule has 1 atom stereocenters. The molecular weight excluding hydrogens is 490 g/mol. The Morgan fingerprint density at radius 3 is 2.19 bits per heavy atom. The largest absolute Gasteiger partial charge is 0.495 e. The van der Waals surface area contributed by atoms with Gasteiger partial charge >= 0.3 is 0 Å². The molecule has 0 saturated carbocycles. The molecule has 0 aliphatic carbocycles. The number of benzene rings is 3. The molecule has 0 radical (unpaired) electrons. The van der Waals surface area contributed by atoms with Crippen molar-refractivity contribution in [2.45, 2.75) is 38.3 Å². The van der Waals surface area contributed by atoms with Crippen LogP contribution in [-0.2, 0) is 26.2 Å². The number of likely N-dealkylation sites (N-methyl/N-ethyl adjacent to an activating group) is 1. The van der Waals surface area contributed by atoms with E-state index < -0.39 is 28.5 Å². The smallest absolute Gasteiger partial charge is 0.264 e. The summed E-state index contributed by atoms with van der Waals surface area (Å²) in [7, 11) is -2.71. The molecule has 0 unspecified atom stereocenters. The molecule has 1 N–H and O–H groups in total. The molecule has 8 nitrogen and oxygen atoms in total. The fourth-order valence-electron chi connectivity index (χ4n) is 3.91. The van der Waals surface area contributed by atoms with E-state index in [2.05, 4.69) is 5.32 Å². The molecule has 0 fully saturated rings. The highest BCUT2D eigenvalue weighted by Crippen LogP contribution is 2.33. The van der Waals surface area contributed by atoms with Gasteiger partial charge in [-0.05, 0) is 56.2 Å². The van der Waals surface area contributed by atoms with E-state index in [1.165, 1.54) is 24.1 Å². The first-order chi connectivity index (χ1) is 17.7. The third-order valence-electron chi connectivity index (χ3n) is 5.93. The molecule has 9 heteroatoms. The number of nitrogens with zero attached hydrogens (tertiary/aromatic N) is 2. The first-order valence-electron chi connectivity index (χ1n) is 12.0. The Labute approximate surface area is 218 Å². The molecule has 0 aliphatic heterocycles. The molecule has 0 aliphatic rings. The van der Waals surface area contributed by atoms with Gasteiger partial charge in [-0.3, -0.25) is 13.9 Å². The summed E-state index contributed by atoms with van der Waals surface area (Å²) < 4.78 is 34.2. The highest BCUT2D eigenvalue weighted by atomic mass is 32.2. The maximum absolute atomic E-state index is 13.9. The topological polar surface area (TPSA) is 96.0 Å². The number of hydrogen-bond acceptors (Lipinski definition) is 5. The lowest BCUT2D eigenvalue weighted by Gasteiger charge is -2.32. The molecule has 37 heavy (non-hydrogen) atoms. The fourth-order valence-corrected chi connectivity index (χ4v) is 5.35. The zero-order valence-electron chi connectivity index (χ0n) is 21.5. The second kappa shape index (κ2) is 12.4. The summed E-state index contributed by atoms with van der Waals surface area (Å²) in [6.45, 7) is 5.29. The molecule has 3 rings (SSSR count). The van der Waals surface area contributed by atoms with Crippen LogP contribution in [0.1, 0.15) is 25.0 Å². The number of sulfonamides is 1. The van der Waals surface area contributed by atoms with Crippen LogP contribution >= 0.6 is 0 Å². The van der Waals surface area contributed by atoms with Crippen molar-refractivity contribution >= 4 is 27.5 Å². The van der Waals surface area contributed by atoms with Crippen molar-refractivity contribution in [3.8, 4) is 5.75 Å². The molecular formula is C28H33N3O5S. The van der Waals surface area contributed by atoms with Crippen molar-refractivity contribution in [2.75, 3.05) is 24.5 Å². The summed E-state index contributed by atoms with van der Waals surface area (Å²) in [4.78, 5) is 28.0. The second-order valence-electron chi connectivity index (χ2n) is 8.58. The number of methoxy groups -OCH3 is 1. The van der Waals surface area contributed by atoms with E-state index in [0.29, 0.717) is 12.3 Å². The van der Waals surface area contributed by atoms with Crippen LogP contribution in [0, 0.1) is 6.92 Å². The summed E-state index contributed by atoms with van der Waals surface area (Å²) >= 11 is 0. The molecule has 0 heterocycles. The second-order valence-corrected chi connectivity index (χ2v) is 10.4. The standard InChI is InChI=1S/C28H33N3O5S/c1-5-29-28(33)22(3)30(19-23-12-8-6-9-13-23)27(32)20-31(25-18-21(2)16-17-26(25)36-4)37(34,35)24-14-10-7-11-15-24/h6-18,22H,5,19-20H2,1-4H3,(H,29,33)/t22-/m0/s1. The van der Waals surface area contributed by atoms with Crippen LogP contribution in [-0.4, -0.2) is 51.4 Å². The van der Waals surface area contributed by atoms with Crippen molar-refractivity contribution in [1.82, 2.24) is 10.2 Å². The van der Waals surface area contributed by atoms with Gasteiger partial charge in [0.1, 0.15) is 18.3 Å². The number of rotatable bonds is 11. The van der Waals surface area contributed by atoms with Gasteiger partial charge in [-0.25, -0.2) is 8.42 Å². The number of ether oxygens (including phenoxy) is 1. The Bertz CT molecular complexity index is 1310. The average molecular weight is 524 g/mol. The van der Waals surface area contributed by atoms with E-state index in [0.717, 1.165) is 15.4 Å². The summed E-state index contributed by atoms with van der Waals surface area (Å²) in [5, 5.41) is 2.75. The molecule has 0 saturated heterocycles. The minimum Gasteiger partial charge on any atom is -0.495 e. The van der Waals surface area contributed by atoms with Crippen molar-refractivity contribution in [1.29, 1.82) is 0 Å². The SMILES string of the molecule is CCNC(=O)[C@H](C)N(Cc1ccccc1)C(=O)CN(c1cc(C)ccc1OC)S(=O)(=O)c1ccccc1. The van der Waals surface area contributed by atoms with Crippen LogP contribution in [0.5, 0.6) is 5.75 Å². The maximum atomic E-state index is 13.9. The normalized spacial score (nSPS) is 11.9. The Kier molecular flexibility index (Phi) is 9.30. The van der Waals surface area contributed by atoms with Gasteiger partial charge in [-0.1, -0.05) is 54.6 Å². The van der Waals surface area contributed by atoms with E-state index in [4.69, 9.17) is 4.74 Å². The van der Waals surface area contributed by atoms with Gasteiger partial charge in [-0.15, -0.1) is 0 Å². The number of amides is 2. The van der Waals surface area contributed by atoms with Gasteiger partial charge in [0, 0.05) is 13.1 Å². The zero-order valence-corrected chi connectivity index (χ0v) is 22.4. The third-order valence-corrected chi connectivity index (χ3v) is 7.70. The van der Waals surface area contributed by atoms with E-state index in [9.17, 15) is 18.0 Å². The number of carbonyl (C=O) groups is 2. The minimum atomic E-state index is -4.16. The van der Waals surface area contributed by atoms with Crippen molar-refractivity contribution in [2.24, 2.45) is 0 Å². The molecule has 0 spiro atoms. The maximum Gasteiger partial charge on any atom is 0.264 e. The summed E-state index contributed by atoms with van der Waals surface area (Å²) in [5.41, 5.74) is 1.86. The Hall–Kier alpha value is -3.85. The number of hydrogen-bond donors (Lipinski definition) is 1. The van der Waals surface area contributed by atoms with Gasteiger partial charge in [0.05, 0.1) is 17.7 Å². The monoisotopic (exact) mass is 523 g/mol. The average Bonchev–Trinajstić information content (AvgIpc) is 2.91. The van der Waals surface area contributed by atoms with Gasteiger partial charge in [0.25, 0.3) is 10.0 Å². The summed E-state index contributed by atoms with van der Waals surface area (Å²) in [5.74, 6) is -0.535. The molecule has 3 aromatic carbocycles. The Balaban J connectivity index is 2.08. The molecule has 3 aromatic rings. The van der Waals surface area contributed by atoms with Gasteiger partial charge in [0.15, 0.2) is 0 Å². The first kappa shape index (κ1) is 27.7. The zero-order chi connectivity index (χ0) is 27.0. The number of carbonyl (C=O) groups excluding carboxylic acids is 2. The van der Waals surface area contributed by atoms with Crippen LogP contribution in [0.25, 0.3) is 0 Å². The van der Waals surface area contributed by atoms with Crippen molar-refractivity contribution in [3.63, 3.8) is 0 Å². The van der Waals surface area contributed by atoms with Gasteiger partial charge < -0.3 is 15.0 Å². The molecule has 0 bridgehead atoms. The van der Waals surface area contributed by atoms with Crippen LogP contribution in [0.3, 0.4) is 0 Å². The highest BCUT2D eigenvalue weighted by Gasteiger charge is 2.33. The molecule has 196 valence electrons. The van der Waals surface area contributed by atoms with Gasteiger partial charge in [0.2, 0.25) is 11.8 Å². The third kappa shape index (κ3) is 6.68. The van der Waals surface area contributed by atoms with E-state index in [-0.39, 0.29) is 23.0 Å². The van der Waals surface area contributed by atoms with Crippen molar-refractivity contribution in [3.05, 3.63) is 90.0 Å². The summed E-state index contributed by atoms with van der Waals surface area (Å²) in [6, 6.07) is 21.5. The lowest BCUT2D eigenvalue weighted by Crippen LogP contribution is -2.51. The Morgan fingerprint density at radius 1 is 0.973 bits per heavy atom. The quantitative estimate of drug-likeness (QED) is 0.413. The fraction of sp³-hybridized carbons (Fsp3) is 0.286. The van der Waals surface area contributed by atoms with E-state index >= 15 is 0 Å². The number of anilines is 1. The predicted molar refractivity (Wildman–Crippen MR) is 144 cm³/mol. The first-order valence-corrected chi connectivity index (χ1v) is 13.5. The van der Waals surface area contributed by atoms with Gasteiger partial charge in [-0.2, -0.15) is 0 Å². The van der Waals surface area contributed by atoms with Crippen LogP contribution in [0.15, 0.2) is 83.8 Å². The van der Waals surface area contributed by atoms with Crippen LogP contribution < -0.4 is 14.4 Å². The summed E-state index contributed by atoms with van der Waals surface area (Å²) in [6.07, 6.45) is 0. The lowest BCUT2D eigenvalue weighted by atomic mass is 10.1.